The molecule has 1 N–H and O–H groups in total. The second kappa shape index (κ2) is 7.07. The second-order valence-corrected chi connectivity index (χ2v) is 10.3. The first-order chi connectivity index (χ1) is 13.7. The third-order valence-electron chi connectivity index (χ3n) is 5.81. The van der Waals surface area contributed by atoms with Crippen LogP contribution in [0.1, 0.15) is 50.1 Å². The van der Waals surface area contributed by atoms with Crippen LogP contribution in [-0.2, 0) is 16.4 Å². The molecule has 2 aromatic rings. The van der Waals surface area contributed by atoms with Gasteiger partial charge in [-0.1, -0.05) is 12.1 Å². The Hall–Kier alpha value is -2.52. The van der Waals surface area contributed by atoms with Crippen molar-refractivity contribution in [1.82, 2.24) is 14.7 Å². The van der Waals surface area contributed by atoms with Crippen LogP contribution in [0.5, 0.6) is 0 Å². The zero-order valence-corrected chi connectivity index (χ0v) is 17.6. The Morgan fingerprint density at radius 3 is 2.31 bits per heavy atom. The summed E-state index contributed by atoms with van der Waals surface area (Å²) < 4.78 is 25.5. The number of carbonyl (C=O) groups excluding carboxylic acids is 2. The lowest BCUT2D eigenvalue weighted by Crippen LogP contribution is -3.09. The quantitative estimate of drug-likeness (QED) is 0.698. The fraction of sp³-hybridized carbons (Fsp3) is 0.450. The van der Waals surface area contributed by atoms with E-state index < -0.39 is 9.84 Å². The van der Waals surface area contributed by atoms with Crippen molar-refractivity contribution in [3.63, 3.8) is 0 Å². The lowest BCUT2D eigenvalue weighted by molar-refractivity contribution is -0.901. The Morgan fingerprint density at radius 2 is 1.76 bits per heavy atom. The number of rotatable bonds is 5. The van der Waals surface area contributed by atoms with Gasteiger partial charge < -0.3 is 4.90 Å². The first kappa shape index (κ1) is 19.8. The van der Waals surface area contributed by atoms with Crippen LogP contribution in [0.3, 0.4) is 0 Å². The number of aryl methyl sites for hydroxylation is 1. The molecule has 0 saturated carbocycles. The maximum Gasteiger partial charge on any atom is 0.265 e. The van der Waals surface area contributed by atoms with Gasteiger partial charge in [0.15, 0.2) is 16.5 Å². The molecule has 1 saturated heterocycles. The standard InChI is InChI=1S/C20H24N4O4S/c1-13-18(14(2)24(21-13)15-8-9-29(27,28)11-15)10-22(3)12-23-19(25)16-6-4-5-7-17(16)20(23)26/h4-7,15H,8-12H2,1-3H3/p+1/t15-/m0/s1. The number of hydrogen-bond donors (Lipinski definition) is 1. The fourth-order valence-corrected chi connectivity index (χ4v) is 5.98. The molecule has 1 aromatic carbocycles. The minimum Gasteiger partial charge on any atom is -0.316 e. The van der Waals surface area contributed by atoms with Gasteiger partial charge in [-0.25, -0.2) is 13.3 Å². The smallest absolute Gasteiger partial charge is 0.265 e. The number of carbonyl (C=O) groups is 2. The van der Waals surface area contributed by atoms with Gasteiger partial charge in [0.1, 0.15) is 6.54 Å². The molecular weight excluding hydrogens is 392 g/mol. The van der Waals surface area contributed by atoms with Crippen molar-refractivity contribution in [3.8, 4) is 0 Å². The van der Waals surface area contributed by atoms with E-state index >= 15 is 0 Å². The molecular formula is C20H25N4O4S+. The van der Waals surface area contributed by atoms with Crippen LogP contribution in [-0.4, -0.2) is 60.1 Å². The first-order valence-electron chi connectivity index (χ1n) is 9.69. The molecule has 1 aromatic heterocycles. The Bertz CT molecular complexity index is 1070. The van der Waals surface area contributed by atoms with Crippen molar-refractivity contribution in [1.29, 1.82) is 0 Å². The molecule has 1 unspecified atom stereocenters. The van der Waals surface area contributed by atoms with Gasteiger partial charge in [-0.05, 0) is 32.4 Å². The monoisotopic (exact) mass is 417 g/mol. The number of sulfone groups is 1. The number of benzene rings is 1. The van der Waals surface area contributed by atoms with E-state index in [1.807, 2.05) is 25.6 Å². The average molecular weight is 418 g/mol. The summed E-state index contributed by atoms with van der Waals surface area (Å²) >= 11 is 0. The Kier molecular flexibility index (Phi) is 4.82. The van der Waals surface area contributed by atoms with E-state index in [2.05, 4.69) is 5.10 Å². The van der Waals surface area contributed by atoms with Gasteiger partial charge in [-0.15, -0.1) is 0 Å². The summed E-state index contributed by atoms with van der Waals surface area (Å²) in [6.07, 6.45) is 0.585. The van der Waals surface area contributed by atoms with Crippen molar-refractivity contribution < 1.29 is 22.9 Å². The van der Waals surface area contributed by atoms with Crippen molar-refractivity contribution in [3.05, 3.63) is 52.3 Å². The van der Waals surface area contributed by atoms with E-state index in [0.29, 0.717) is 24.1 Å². The number of aromatic nitrogens is 2. The summed E-state index contributed by atoms with van der Waals surface area (Å²) in [5.41, 5.74) is 3.74. The number of imide groups is 1. The molecule has 8 nitrogen and oxygen atoms in total. The zero-order valence-electron chi connectivity index (χ0n) is 16.8. The van der Waals surface area contributed by atoms with E-state index in [-0.39, 0.29) is 36.0 Å². The minimum absolute atomic E-state index is 0.121. The highest BCUT2D eigenvalue weighted by Crippen LogP contribution is 2.26. The Balaban J connectivity index is 1.49. The molecule has 29 heavy (non-hydrogen) atoms. The van der Waals surface area contributed by atoms with Gasteiger partial charge in [0, 0.05) is 5.69 Å². The third-order valence-corrected chi connectivity index (χ3v) is 7.56. The summed E-state index contributed by atoms with van der Waals surface area (Å²) in [4.78, 5) is 27.4. The predicted octanol–water partition coefficient (Wildman–Crippen LogP) is 0.128. The minimum atomic E-state index is -2.99. The summed E-state index contributed by atoms with van der Waals surface area (Å²) in [6.45, 7) is 4.71. The van der Waals surface area contributed by atoms with Gasteiger partial charge in [0.2, 0.25) is 0 Å². The topological polar surface area (TPSA) is 93.8 Å². The van der Waals surface area contributed by atoms with Gasteiger partial charge in [0.05, 0.1) is 47.0 Å². The van der Waals surface area contributed by atoms with Crippen molar-refractivity contribution in [2.45, 2.75) is 32.9 Å². The molecule has 0 bridgehead atoms. The second-order valence-electron chi connectivity index (χ2n) is 8.03. The summed E-state index contributed by atoms with van der Waals surface area (Å²) in [7, 11) is -1.06. The highest BCUT2D eigenvalue weighted by atomic mass is 32.2. The molecule has 154 valence electrons. The van der Waals surface area contributed by atoms with Crippen LogP contribution in [0, 0.1) is 13.8 Å². The van der Waals surface area contributed by atoms with Crippen LogP contribution < -0.4 is 4.90 Å². The lowest BCUT2D eigenvalue weighted by Gasteiger charge is -2.20. The molecule has 0 radical (unpaired) electrons. The third kappa shape index (κ3) is 3.49. The normalized spacial score (nSPS) is 21.6. The molecule has 4 rings (SSSR count). The number of fused-ring (bicyclic) bond motifs is 1. The molecule has 9 heteroatoms. The highest BCUT2D eigenvalue weighted by Gasteiger charge is 2.37. The van der Waals surface area contributed by atoms with E-state index in [1.54, 1.807) is 24.3 Å². The molecule has 3 heterocycles. The van der Waals surface area contributed by atoms with Gasteiger partial charge in [0.25, 0.3) is 11.8 Å². The Labute approximate surface area is 170 Å². The summed E-state index contributed by atoms with van der Waals surface area (Å²) in [5, 5.41) is 4.60. The molecule has 1 fully saturated rings. The lowest BCUT2D eigenvalue weighted by atomic mass is 10.1. The van der Waals surface area contributed by atoms with Crippen LogP contribution in [0.2, 0.25) is 0 Å². The maximum atomic E-state index is 12.6. The highest BCUT2D eigenvalue weighted by molar-refractivity contribution is 7.91. The van der Waals surface area contributed by atoms with Crippen LogP contribution >= 0.6 is 0 Å². The van der Waals surface area contributed by atoms with E-state index in [4.69, 9.17) is 0 Å². The van der Waals surface area contributed by atoms with Gasteiger partial charge >= 0.3 is 0 Å². The number of quaternary nitrogens is 1. The molecule has 2 aliphatic heterocycles. The number of nitrogens with zero attached hydrogens (tertiary/aromatic N) is 3. The van der Waals surface area contributed by atoms with Crippen LogP contribution in [0.4, 0.5) is 0 Å². The van der Waals surface area contributed by atoms with E-state index in [1.165, 1.54) is 4.90 Å². The molecule has 2 atom stereocenters. The summed E-state index contributed by atoms with van der Waals surface area (Å²) in [5.74, 6) is -0.182. The van der Waals surface area contributed by atoms with Crippen LogP contribution in [0.15, 0.2) is 24.3 Å². The van der Waals surface area contributed by atoms with Crippen molar-refractivity contribution >= 4 is 21.7 Å². The van der Waals surface area contributed by atoms with Crippen LogP contribution in [0.25, 0.3) is 0 Å². The number of amides is 2. The van der Waals surface area contributed by atoms with Gasteiger partial charge in [-0.3, -0.25) is 14.3 Å². The van der Waals surface area contributed by atoms with Crippen molar-refractivity contribution in [2.75, 3.05) is 25.2 Å². The first-order valence-corrected chi connectivity index (χ1v) is 11.5. The fourth-order valence-electron chi connectivity index (χ4n) is 4.29. The number of hydrogen-bond acceptors (Lipinski definition) is 5. The predicted molar refractivity (Wildman–Crippen MR) is 106 cm³/mol. The molecule has 0 aliphatic carbocycles. The molecule has 0 spiro atoms. The zero-order chi connectivity index (χ0) is 20.9. The number of nitrogens with one attached hydrogen (secondary N) is 1. The average Bonchev–Trinajstić information content (AvgIpc) is 3.25. The SMILES string of the molecule is Cc1nn([C@H]2CCS(=O)(=O)C2)c(C)c1C[NH+](C)CN1C(=O)c2ccccc2C1=O. The molecule has 2 amide bonds. The van der Waals surface area contributed by atoms with Gasteiger partial charge in [-0.2, -0.15) is 5.10 Å². The maximum absolute atomic E-state index is 12.6. The largest absolute Gasteiger partial charge is 0.316 e. The molecule has 2 aliphatic rings. The Morgan fingerprint density at radius 1 is 1.14 bits per heavy atom. The van der Waals surface area contributed by atoms with E-state index in [9.17, 15) is 18.0 Å². The van der Waals surface area contributed by atoms with Crippen molar-refractivity contribution in [2.24, 2.45) is 0 Å². The summed E-state index contributed by atoms with van der Waals surface area (Å²) in [6, 6.07) is 6.75. The van der Waals surface area contributed by atoms with E-state index in [0.717, 1.165) is 21.9 Å².